The van der Waals surface area contributed by atoms with Crippen molar-refractivity contribution < 1.29 is 61.3 Å². The van der Waals surface area contributed by atoms with E-state index in [9.17, 15) is 0 Å². The van der Waals surface area contributed by atoms with Gasteiger partial charge < -0.3 is 40.5 Å². The van der Waals surface area contributed by atoms with Crippen LogP contribution in [0.1, 0.15) is 0 Å². The van der Waals surface area contributed by atoms with Gasteiger partial charge in [0.25, 0.3) is 0 Å². The van der Waals surface area contributed by atoms with E-state index in [4.69, 9.17) is 0 Å². The maximum Gasteiger partial charge on any atom is 3.00 e. The summed E-state index contributed by atoms with van der Waals surface area (Å²) in [5.74, 6) is 0. The zero-order chi connectivity index (χ0) is 0. The predicted molar refractivity (Wildman–Crippen MR) is 22.1 cm³/mol. The molecule has 6 heavy (non-hydrogen) atoms. The van der Waals surface area contributed by atoms with E-state index < -0.39 is 0 Å². The molecule has 0 aliphatic heterocycles. The van der Waals surface area contributed by atoms with Crippen molar-refractivity contribution in [1.29, 1.82) is 0 Å². The summed E-state index contributed by atoms with van der Waals surface area (Å²) in [4.78, 5) is 0. The fourth-order valence-corrected chi connectivity index (χ4v) is 0. The first kappa shape index (κ1) is 63.5. The van der Waals surface area contributed by atoms with Gasteiger partial charge in [-0.1, -0.05) is 0 Å². The standard InChI is InChI=1S/Ag.Au.Ni.3S/q+1;+3;+2;3*-2. The molecule has 0 rings (SSSR count). The second kappa shape index (κ2) is 43.3. The quantitative estimate of drug-likeness (QED) is 0.447. The molecule has 0 saturated heterocycles. The summed E-state index contributed by atoms with van der Waals surface area (Å²) in [5, 5.41) is 0. The SMILES string of the molecule is [Ag+].[Au+3].[Ni+2].[S-2].[S-2].[S-2]. The fraction of sp³-hybridized carbons (Fsp3) is 0. The first-order valence-corrected chi connectivity index (χ1v) is 0. The Morgan fingerprint density at radius 2 is 0.667 bits per heavy atom. The summed E-state index contributed by atoms with van der Waals surface area (Å²) in [7, 11) is 0. The van der Waals surface area contributed by atoms with Gasteiger partial charge in [0.05, 0.1) is 0 Å². The minimum absolute atomic E-state index is 0. The topological polar surface area (TPSA) is 0 Å². The molecule has 0 heterocycles. The Hall–Kier alpha value is 3.02. The van der Waals surface area contributed by atoms with Crippen LogP contribution in [0, 0.1) is 0 Å². The van der Waals surface area contributed by atoms with Crippen molar-refractivity contribution in [1.82, 2.24) is 0 Å². The van der Waals surface area contributed by atoms with Crippen LogP contribution < -0.4 is 0 Å². The van der Waals surface area contributed by atoms with E-state index in [1.165, 1.54) is 0 Å². The van der Waals surface area contributed by atoms with Gasteiger partial charge in [0.15, 0.2) is 0 Å². The smallest absolute Gasteiger partial charge is 2.00 e. The van der Waals surface area contributed by atoms with E-state index in [0.717, 1.165) is 0 Å². The van der Waals surface area contributed by atoms with Crippen molar-refractivity contribution in [2.75, 3.05) is 0 Å². The van der Waals surface area contributed by atoms with E-state index >= 15 is 0 Å². The summed E-state index contributed by atoms with van der Waals surface area (Å²) >= 11 is 0. The van der Waals surface area contributed by atoms with Crippen LogP contribution in [0.2, 0.25) is 0 Å². The molecule has 0 fully saturated rings. The van der Waals surface area contributed by atoms with Crippen molar-refractivity contribution in [3.63, 3.8) is 0 Å². The van der Waals surface area contributed by atoms with Gasteiger partial charge in [-0.25, -0.2) is 0 Å². The Kier molecular flexibility index (Phi) is 458. The van der Waals surface area contributed by atoms with Crippen molar-refractivity contribution in [2.45, 2.75) is 0 Å². The molecule has 0 aromatic heterocycles. The molecule has 0 aliphatic carbocycles. The maximum absolute atomic E-state index is 0. The molecule has 0 aromatic carbocycles. The van der Waals surface area contributed by atoms with Crippen molar-refractivity contribution in [2.24, 2.45) is 0 Å². The molecular formula is AgAuNiS3. The van der Waals surface area contributed by atoms with Crippen molar-refractivity contribution in [3.05, 3.63) is 0 Å². The normalized spacial score (nSPS) is 0. The molecule has 0 spiro atoms. The van der Waals surface area contributed by atoms with E-state index in [-0.39, 0.29) is 102 Å². The molecule has 0 bridgehead atoms. The average Bonchev–Trinajstić information content (AvgIpc) is 0. The van der Waals surface area contributed by atoms with Crippen LogP contribution >= 0.6 is 0 Å². The second-order valence-electron chi connectivity index (χ2n) is 0. The van der Waals surface area contributed by atoms with Crippen LogP contribution in [0.3, 0.4) is 0 Å². The monoisotopic (exact) mass is 458 g/mol. The van der Waals surface area contributed by atoms with Gasteiger partial charge in [-0.15, -0.1) is 0 Å². The third-order valence-corrected chi connectivity index (χ3v) is 0. The molecule has 0 atom stereocenters. The first-order chi connectivity index (χ1) is 0. The zero-order valence-electron chi connectivity index (χ0n) is 2.14. The Morgan fingerprint density at radius 3 is 0.667 bits per heavy atom. The Bertz CT molecular complexity index is 10.8. The van der Waals surface area contributed by atoms with Crippen LogP contribution in [-0.2, 0) is 102 Å². The van der Waals surface area contributed by atoms with E-state index in [0.29, 0.717) is 0 Å². The third-order valence-electron chi connectivity index (χ3n) is 0. The summed E-state index contributed by atoms with van der Waals surface area (Å²) < 4.78 is 0. The molecule has 0 unspecified atom stereocenters. The zero-order valence-corrected chi connectivity index (χ0v) is 9.23. The van der Waals surface area contributed by atoms with Gasteiger partial charge in [0.1, 0.15) is 0 Å². The molecule has 0 aromatic rings. The largest absolute Gasteiger partial charge is 3.00 e. The van der Waals surface area contributed by atoms with Crippen LogP contribution in [0.5, 0.6) is 0 Å². The Morgan fingerprint density at radius 1 is 0.667 bits per heavy atom. The third kappa shape index (κ3) is 27.9. The summed E-state index contributed by atoms with van der Waals surface area (Å²) in [6.07, 6.45) is 0. The van der Waals surface area contributed by atoms with Gasteiger partial charge in [-0.3, -0.25) is 0 Å². The number of rotatable bonds is 0. The summed E-state index contributed by atoms with van der Waals surface area (Å²) in [6, 6.07) is 0. The van der Waals surface area contributed by atoms with Gasteiger partial charge in [0.2, 0.25) is 0 Å². The molecule has 0 amide bonds. The fourth-order valence-electron chi connectivity index (χ4n) is 0. The molecular weight excluding hydrogens is 460 g/mol. The maximum atomic E-state index is 0. The first-order valence-electron chi connectivity index (χ1n) is 0. The molecule has 0 aliphatic rings. The van der Waals surface area contributed by atoms with Crippen LogP contribution in [0.25, 0.3) is 0 Å². The van der Waals surface area contributed by atoms with Crippen LogP contribution in [0.15, 0.2) is 0 Å². The van der Waals surface area contributed by atoms with Gasteiger partial charge >= 0.3 is 61.3 Å². The molecule has 0 nitrogen and oxygen atoms in total. The van der Waals surface area contributed by atoms with Crippen molar-refractivity contribution >= 4 is 40.5 Å². The number of hydrogen-bond donors (Lipinski definition) is 0. The summed E-state index contributed by atoms with van der Waals surface area (Å²) in [6.45, 7) is 0. The average molecular weight is 460 g/mol. The van der Waals surface area contributed by atoms with E-state index in [1.54, 1.807) is 0 Å². The molecule has 6 heteroatoms. The Balaban J connectivity index is 0. The van der Waals surface area contributed by atoms with Crippen LogP contribution in [0.4, 0.5) is 0 Å². The Labute approximate surface area is 100 Å². The number of hydrogen-bond acceptors (Lipinski definition) is 0. The second-order valence-corrected chi connectivity index (χ2v) is 0. The minimum Gasteiger partial charge on any atom is -2.00 e. The van der Waals surface area contributed by atoms with Crippen LogP contribution in [-0.4, -0.2) is 0 Å². The van der Waals surface area contributed by atoms with Gasteiger partial charge in [-0.05, 0) is 0 Å². The van der Waals surface area contributed by atoms with Gasteiger partial charge in [0, 0.05) is 0 Å². The summed E-state index contributed by atoms with van der Waals surface area (Å²) in [5.41, 5.74) is 0. The minimum atomic E-state index is 0. The molecule has 0 saturated carbocycles. The molecule has 0 radical (unpaired) electrons. The van der Waals surface area contributed by atoms with E-state index in [1.807, 2.05) is 0 Å². The van der Waals surface area contributed by atoms with Crippen molar-refractivity contribution in [3.8, 4) is 0 Å². The van der Waals surface area contributed by atoms with E-state index in [2.05, 4.69) is 0 Å². The molecule has 50 valence electrons. The molecule has 0 N–H and O–H groups in total. The van der Waals surface area contributed by atoms with Gasteiger partial charge in [-0.2, -0.15) is 0 Å². The predicted octanol–water partition coefficient (Wildman–Crippen LogP) is -0.0147.